The molecule has 1 aromatic carbocycles. The SMILES string of the molecule is C=C(C)C(=O)OC(C)CCOC(C)(CC)C(=O)c1cc(O)c(O)c(O)c1. The molecule has 0 aliphatic carbocycles. The second-order valence-corrected chi connectivity index (χ2v) is 6.41. The minimum Gasteiger partial charge on any atom is -0.504 e. The third-order valence-electron chi connectivity index (χ3n) is 4.09. The van der Waals surface area contributed by atoms with Crippen LogP contribution in [0, 0.1) is 0 Å². The van der Waals surface area contributed by atoms with Crippen LogP contribution in [0.4, 0.5) is 0 Å². The van der Waals surface area contributed by atoms with E-state index in [1.807, 2.05) is 0 Å². The van der Waals surface area contributed by atoms with Crippen molar-refractivity contribution in [2.24, 2.45) is 0 Å². The van der Waals surface area contributed by atoms with Crippen LogP contribution >= 0.6 is 0 Å². The van der Waals surface area contributed by atoms with Gasteiger partial charge in [-0.3, -0.25) is 4.79 Å². The Morgan fingerprint density at radius 2 is 1.77 bits per heavy atom. The lowest BCUT2D eigenvalue weighted by atomic mass is 9.91. The molecule has 0 spiro atoms. The first kappa shape index (κ1) is 21.5. The number of ether oxygens (including phenoxy) is 2. The summed E-state index contributed by atoms with van der Waals surface area (Å²) in [6.45, 7) is 10.3. The van der Waals surface area contributed by atoms with Gasteiger partial charge in [-0.1, -0.05) is 13.5 Å². The number of esters is 1. The Morgan fingerprint density at radius 1 is 1.23 bits per heavy atom. The van der Waals surface area contributed by atoms with Gasteiger partial charge in [0.2, 0.25) is 0 Å². The van der Waals surface area contributed by atoms with Crippen molar-refractivity contribution in [1.29, 1.82) is 0 Å². The molecule has 0 saturated heterocycles. The number of hydrogen-bond donors (Lipinski definition) is 3. The monoisotopic (exact) mass is 366 g/mol. The average molecular weight is 366 g/mol. The van der Waals surface area contributed by atoms with Gasteiger partial charge in [0.1, 0.15) is 11.7 Å². The highest BCUT2D eigenvalue weighted by molar-refractivity contribution is 6.03. The Morgan fingerprint density at radius 3 is 2.23 bits per heavy atom. The van der Waals surface area contributed by atoms with E-state index in [1.165, 1.54) is 0 Å². The van der Waals surface area contributed by atoms with Gasteiger partial charge in [0, 0.05) is 17.6 Å². The maximum absolute atomic E-state index is 12.7. The fraction of sp³-hybridized carbons (Fsp3) is 0.474. The van der Waals surface area contributed by atoms with E-state index in [4.69, 9.17) is 9.47 Å². The third-order valence-corrected chi connectivity index (χ3v) is 4.09. The molecule has 3 N–H and O–H groups in total. The Hall–Kier alpha value is -2.54. The lowest BCUT2D eigenvalue weighted by Crippen LogP contribution is -2.38. The van der Waals surface area contributed by atoms with E-state index >= 15 is 0 Å². The average Bonchev–Trinajstić information content (AvgIpc) is 2.58. The number of carbonyl (C=O) groups is 2. The van der Waals surface area contributed by atoms with E-state index < -0.39 is 40.7 Å². The number of aromatic hydroxyl groups is 3. The molecule has 2 atom stereocenters. The molecule has 144 valence electrons. The zero-order chi connectivity index (χ0) is 20.1. The molecule has 0 fully saturated rings. The van der Waals surface area contributed by atoms with Gasteiger partial charge in [-0.25, -0.2) is 4.79 Å². The quantitative estimate of drug-likeness (QED) is 0.266. The maximum atomic E-state index is 12.7. The summed E-state index contributed by atoms with van der Waals surface area (Å²) in [5, 5.41) is 28.6. The van der Waals surface area contributed by atoms with Gasteiger partial charge in [-0.15, -0.1) is 0 Å². The molecule has 0 aliphatic heterocycles. The Balaban J connectivity index is 2.77. The van der Waals surface area contributed by atoms with Crippen molar-refractivity contribution in [3.63, 3.8) is 0 Å². The standard InChI is InChI=1S/C19H26O7/c1-6-19(5,25-8-7-12(4)26-18(24)11(2)3)17(23)13-9-14(20)16(22)15(21)10-13/h9-10,12,20-22H,2,6-8H2,1,3-5H3. The number of carbonyl (C=O) groups excluding carboxylic acids is 2. The predicted octanol–water partition coefficient (Wildman–Crippen LogP) is 3.07. The molecule has 7 nitrogen and oxygen atoms in total. The van der Waals surface area contributed by atoms with Crippen LogP contribution in [0.15, 0.2) is 24.3 Å². The molecular weight excluding hydrogens is 340 g/mol. The van der Waals surface area contributed by atoms with Gasteiger partial charge in [-0.05, 0) is 39.3 Å². The summed E-state index contributed by atoms with van der Waals surface area (Å²) >= 11 is 0. The van der Waals surface area contributed by atoms with Crippen molar-refractivity contribution in [1.82, 2.24) is 0 Å². The first-order valence-electron chi connectivity index (χ1n) is 8.32. The van der Waals surface area contributed by atoms with Crippen molar-refractivity contribution in [3.8, 4) is 17.2 Å². The van der Waals surface area contributed by atoms with Gasteiger partial charge < -0.3 is 24.8 Å². The van der Waals surface area contributed by atoms with E-state index in [1.54, 1.807) is 27.7 Å². The van der Waals surface area contributed by atoms with E-state index in [0.717, 1.165) is 12.1 Å². The first-order chi connectivity index (χ1) is 12.0. The van der Waals surface area contributed by atoms with Crippen molar-refractivity contribution in [2.75, 3.05) is 6.61 Å². The van der Waals surface area contributed by atoms with Crippen LogP contribution in [-0.2, 0) is 14.3 Å². The predicted molar refractivity (Wildman–Crippen MR) is 95.4 cm³/mol. The lowest BCUT2D eigenvalue weighted by Gasteiger charge is -2.28. The molecule has 2 unspecified atom stereocenters. The number of hydrogen-bond acceptors (Lipinski definition) is 7. The van der Waals surface area contributed by atoms with Crippen molar-refractivity contribution in [2.45, 2.75) is 52.2 Å². The Bertz CT molecular complexity index is 672. The summed E-state index contributed by atoms with van der Waals surface area (Å²) < 4.78 is 10.9. The molecular formula is C19H26O7. The molecule has 0 aromatic heterocycles. The number of phenolic OH excluding ortho intramolecular Hbond substituents is 3. The zero-order valence-corrected chi connectivity index (χ0v) is 15.5. The summed E-state index contributed by atoms with van der Waals surface area (Å²) in [6.07, 6.45) is 0.319. The van der Waals surface area contributed by atoms with Crippen LogP contribution in [0.3, 0.4) is 0 Å². The minimum absolute atomic E-state index is 0.0175. The molecule has 0 bridgehead atoms. The summed E-state index contributed by atoms with van der Waals surface area (Å²) in [5.74, 6) is -2.80. The number of benzene rings is 1. The normalized spacial score (nSPS) is 14.3. The van der Waals surface area contributed by atoms with Crippen molar-refractivity contribution in [3.05, 3.63) is 29.8 Å². The second kappa shape index (κ2) is 8.71. The van der Waals surface area contributed by atoms with Crippen LogP contribution in [0.2, 0.25) is 0 Å². The van der Waals surface area contributed by atoms with Crippen LogP contribution in [-0.4, -0.2) is 45.4 Å². The van der Waals surface area contributed by atoms with Gasteiger partial charge in [-0.2, -0.15) is 0 Å². The highest BCUT2D eigenvalue weighted by Gasteiger charge is 2.34. The Kier molecular flexibility index (Phi) is 7.20. The summed E-state index contributed by atoms with van der Waals surface area (Å²) in [6, 6.07) is 2.15. The molecule has 0 heterocycles. The summed E-state index contributed by atoms with van der Waals surface area (Å²) in [4.78, 5) is 24.2. The second-order valence-electron chi connectivity index (χ2n) is 6.41. The van der Waals surface area contributed by atoms with Crippen LogP contribution < -0.4 is 0 Å². The molecule has 0 saturated carbocycles. The van der Waals surface area contributed by atoms with E-state index in [-0.39, 0.29) is 12.2 Å². The molecule has 26 heavy (non-hydrogen) atoms. The third kappa shape index (κ3) is 5.23. The number of phenols is 3. The van der Waals surface area contributed by atoms with E-state index in [2.05, 4.69) is 6.58 Å². The lowest BCUT2D eigenvalue weighted by molar-refractivity contribution is -0.144. The highest BCUT2D eigenvalue weighted by Crippen LogP contribution is 2.37. The largest absolute Gasteiger partial charge is 0.504 e. The molecule has 0 amide bonds. The van der Waals surface area contributed by atoms with Gasteiger partial charge in [0.05, 0.1) is 6.61 Å². The number of Topliss-reactive ketones (excluding diaryl/α,β-unsaturated/α-hetero) is 1. The van der Waals surface area contributed by atoms with Gasteiger partial charge in [0.25, 0.3) is 0 Å². The van der Waals surface area contributed by atoms with Crippen LogP contribution in [0.1, 0.15) is 50.9 Å². The van der Waals surface area contributed by atoms with Crippen LogP contribution in [0.5, 0.6) is 17.2 Å². The first-order valence-corrected chi connectivity index (χ1v) is 8.32. The number of ketones is 1. The molecule has 1 rings (SSSR count). The molecule has 0 radical (unpaired) electrons. The van der Waals surface area contributed by atoms with Crippen molar-refractivity contribution >= 4 is 11.8 Å². The minimum atomic E-state index is -1.20. The van der Waals surface area contributed by atoms with Crippen LogP contribution in [0.25, 0.3) is 0 Å². The van der Waals surface area contributed by atoms with Gasteiger partial charge in [0.15, 0.2) is 23.0 Å². The topological polar surface area (TPSA) is 113 Å². The smallest absolute Gasteiger partial charge is 0.333 e. The zero-order valence-electron chi connectivity index (χ0n) is 15.5. The molecule has 1 aromatic rings. The Labute approximate surface area is 152 Å². The van der Waals surface area contributed by atoms with E-state index in [9.17, 15) is 24.9 Å². The molecule has 7 heteroatoms. The maximum Gasteiger partial charge on any atom is 0.333 e. The summed E-state index contributed by atoms with van der Waals surface area (Å²) in [7, 11) is 0. The van der Waals surface area contributed by atoms with E-state index in [0.29, 0.717) is 18.4 Å². The fourth-order valence-corrected chi connectivity index (χ4v) is 2.16. The molecule has 0 aliphatic rings. The van der Waals surface area contributed by atoms with Gasteiger partial charge >= 0.3 is 5.97 Å². The highest BCUT2D eigenvalue weighted by atomic mass is 16.5. The number of rotatable bonds is 9. The summed E-state index contributed by atoms with van der Waals surface area (Å²) in [5.41, 5.74) is -0.879. The fourth-order valence-electron chi connectivity index (χ4n) is 2.16. The van der Waals surface area contributed by atoms with Crippen molar-refractivity contribution < 1.29 is 34.4 Å².